The molecule has 5 heteroatoms. The first kappa shape index (κ1) is 6.33. The number of anilines is 2. The van der Waals surface area contributed by atoms with Gasteiger partial charge in [0.05, 0.1) is 0 Å². The zero-order chi connectivity index (χ0) is 7.68. The summed E-state index contributed by atoms with van der Waals surface area (Å²) in [4.78, 5) is 13.7. The van der Waals surface area contributed by atoms with Crippen LogP contribution in [0.15, 0.2) is 6.33 Å². The van der Waals surface area contributed by atoms with Crippen molar-refractivity contribution >= 4 is 11.9 Å². The summed E-state index contributed by atoms with van der Waals surface area (Å²) in [6.07, 6.45) is 2.65. The van der Waals surface area contributed by atoms with Crippen molar-refractivity contribution in [1.82, 2.24) is 15.0 Å². The second-order valence-corrected chi connectivity index (χ2v) is 2.48. The Labute approximate surface area is 64.3 Å². The molecule has 1 saturated heterocycles. The predicted octanol–water partition coefficient (Wildman–Crippen LogP) is -0.336. The van der Waals surface area contributed by atoms with Gasteiger partial charge < -0.3 is 10.6 Å². The van der Waals surface area contributed by atoms with E-state index >= 15 is 0 Å². The number of hydrogen-bond donors (Lipinski definition) is 1. The van der Waals surface area contributed by atoms with Crippen LogP contribution in [0.1, 0.15) is 6.42 Å². The fourth-order valence-corrected chi connectivity index (χ4v) is 0.968. The molecule has 0 unspecified atom stereocenters. The quantitative estimate of drug-likeness (QED) is 0.595. The standard InChI is InChI=1S/C6H9N5/c7-5-8-4-9-6(10-5)11-2-1-3-11/h4H,1-3H2,(H2,7,8,9,10). The van der Waals surface area contributed by atoms with E-state index in [1.807, 2.05) is 0 Å². The lowest BCUT2D eigenvalue weighted by Gasteiger charge is -2.30. The van der Waals surface area contributed by atoms with Gasteiger partial charge >= 0.3 is 0 Å². The highest BCUT2D eigenvalue weighted by atomic mass is 15.3. The highest BCUT2D eigenvalue weighted by molar-refractivity contribution is 5.35. The Balaban J connectivity index is 2.23. The second-order valence-electron chi connectivity index (χ2n) is 2.48. The van der Waals surface area contributed by atoms with Crippen LogP contribution in [0.5, 0.6) is 0 Å². The van der Waals surface area contributed by atoms with Crippen LogP contribution in [0.25, 0.3) is 0 Å². The molecule has 2 heterocycles. The molecule has 0 atom stereocenters. The topological polar surface area (TPSA) is 67.9 Å². The highest BCUT2D eigenvalue weighted by Gasteiger charge is 2.16. The van der Waals surface area contributed by atoms with Gasteiger partial charge in [-0.1, -0.05) is 0 Å². The summed E-state index contributed by atoms with van der Waals surface area (Å²) in [5.41, 5.74) is 5.39. The Morgan fingerprint density at radius 1 is 1.36 bits per heavy atom. The van der Waals surface area contributed by atoms with Gasteiger partial charge in [-0.3, -0.25) is 0 Å². The van der Waals surface area contributed by atoms with E-state index in [9.17, 15) is 0 Å². The van der Waals surface area contributed by atoms with Crippen LogP contribution in [0.4, 0.5) is 11.9 Å². The highest BCUT2D eigenvalue weighted by Crippen LogP contribution is 2.14. The zero-order valence-electron chi connectivity index (χ0n) is 6.06. The summed E-state index contributed by atoms with van der Waals surface area (Å²) in [5, 5.41) is 0. The molecule has 1 aliphatic rings. The molecule has 0 radical (unpaired) electrons. The largest absolute Gasteiger partial charge is 0.368 e. The van der Waals surface area contributed by atoms with Crippen LogP contribution < -0.4 is 10.6 Å². The number of nitrogen functional groups attached to an aromatic ring is 1. The third kappa shape index (κ3) is 1.09. The van der Waals surface area contributed by atoms with Gasteiger partial charge in [0.2, 0.25) is 11.9 Å². The molecule has 0 amide bonds. The van der Waals surface area contributed by atoms with E-state index in [1.54, 1.807) is 0 Å². The first-order valence-corrected chi connectivity index (χ1v) is 3.56. The second kappa shape index (κ2) is 2.34. The summed E-state index contributed by atoms with van der Waals surface area (Å²) >= 11 is 0. The Hall–Kier alpha value is -1.39. The molecule has 0 spiro atoms. The molecule has 2 rings (SSSR count). The molecule has 0 aromatic carbocycles. The average molecular weight is 151 g/mol. The van der Waals surface area contributed by atoms with Crippen molar-refractivity contribution < 1.29 is 0 Å². The normalized spacial score (nSPS) is 16.2. The Kier molecular flexibility index (Phi) is 1.34. The molecule has 0 bridgehead atoms. The molecule has 1 aromatic rings. The van der Waals surface area contributed by atoms with Crippen molar-refractivity contribution in [3.8, 4) is 0 Å². The monoisotopic (exact) mass is 151 g/mol. The number of rotatable bonds is 1. The van der Waals surface area contributed by atoms with Crippen LogP contribution in [-0.4, -0.2) is 28.0 Å². The molecule has 2 N–H and O–H groups in total. The van der Waals surface area contributed by atoms with Crippen molar-refractivity contribution in [2.45, 2.75) is 6.42 Å². The van der Waals surface area contributed by atoms with E-state index in [0.717, 1.165) is 13.1 Å². The van der Waals surface area contributed by atoms with E-state index in [0.29, 0.717) is 11.9 Å². The van der Waals surface area contributed by atoms with Crippen LogP contribution in [0.2, 0.25) is 0 Å². The summed E-state index contributed by atoms with van der Waals surface area (Å²) in [6, 6.07) is 0. The Morgan fingerprint density at radius 3 is 2.73 bits per heavy atom. The molecular formula is C6H9N5. The number of hydrogen-bond acceptors (Lipinski definition) is 5. The minimum Gasteiger partial charge on any atom is -0.368 e. The number of nitrogens with two attached hydrogens (primary N) is 1. The molecule has 58 valence electrons. The predicted molar refractivity (Wildman–Crippen MR) is 41.1 cm³/mol. The number of aromatic nitrogens is 3. The zero-order valence-corrected chi connectivity index (χ0v) is 6.06. The maximum Gasteiger partial charge on any atom is 0.230 e. The molecular weight excluding hydrogens is 142 g/mol. The van der Waals surface area contributed by atoms with Crippen molar-refractivity contribution in [2.75, 3.05) is 23.7 Å². The van der Waals surface area contributed by atoms with E-state index in [4.69, 9.17) is 5.73 Å². The van der Waals surface area contributed by atoms with Gasteiger partial charge in [-0.05, 0) is 6.42 Å². The van der Waals surface area contributed by atoms with Crippen molar-refractivity contribution in [3.63, 3.8) is 0 Å². The van der Waals surface area contributed by atoms with E-state index in [2.05, 4.69) is 19.9 Å². The lowest BCUT2D eigenvalue weighted by Crippen LogP contribution is -2.38. The van der Waals surface area contributed by atoms with E-state index in [1.165, 1.54) is 12.7 Å². The first-order valence-electron chi connectivity index (χ1n) is 3.56. The summed E-state index contributed by atoms with van der Waals surface area (Å²) in [6.45, 7) is 2.06. The Bertz CT molecular complexity index is 257. The number of nitrogens with zero attached hydrogens (tertiary/aromatic N) is 4. The van der Waals surface area contributed by atoms with Crippen LogP contribution >= 0.6 is 0 Å². The fourth-order valence-electron chi connectivity index (χ4n) is 0.968. The van der Waals surface area contributed by atoms with Crippen molar-refractivity contribution in [1.29, 1.82) is 0 Å². The lowest BCUT2D eigenvalue weighted by atomic mass is 10.2. The maximum absolute atomic E-state index is 5.39. The van der Waals surface area contributed by atoms with E-state index < -0.39 is 0 Å². The lowest BCUT2D eigenvalue weighted by molar-refractivity contribution is 0.599. The molecule has 1 aromatic heterocycles. The van der Waals surface area contributed by atoms with Crippen molar-refractivity contribution in [3.05, 3.63) is 6.33 Å². The van der Waals surface area contributed by atoms with Gasteiger partial charge in [0.25, 0.3) is 0 Å². The van der Waals surface area contributed by atoms with Crippen LogP contribution in [0.3, 0.4) is 0 Å². The van der Waals surface area contributed by atoms with E-state index in [-0.39, 0.29) is 0 Å². The van der Waals surface area contributed by atoms with Gasteiger partial charge in [-0.25, -0.2) is 9.97 Å². The van der Waals surface area contributed by atoms with Gasteiger partial charge in [0.15, 0.2) is 0 Å². The molecule has 1 aliphatic heterocycles. The summed E-state index contributed by atoms with van der Waals surface area (Å²) in [7, 11) is 0. The molecule has 0 saturated carbocycles. The maximum atomic E-state index is 5.39. The SMILES string of the molecule is Nc1ncnc(N2CCC2)n1. The third-order valence-electron chi connectivity index (χ3n) is 1.72. The summed E-state index contributed by atoms with van der Waals surface area (Å²) in [5.74, 6) is 0.991. The smallest absolute Gasteiger partial charge is 0.230 e. The van der Waals surface area contributed by atoms with Gasteiger partial charge in [-0.2, -0.15) is 4.98 Å². The minimum absolute atomic E-state index is 0.293. The minimum atomic E-state index is 0.293. The van der Waals surface area contributed by atoms with Gasteiger partial charge in [0.1, 0.15) is 6.33 Å². The molecule has 5 nitrogen and oxygen atoms in total. The average Bonchev–Trinajstić information content (AvgIpc) is 1.83. The third-order valence-corrected chi connectivity index (χ3v) is 1.72. The molecule has 1 fully saturated rings. The molecule has 0 aliphatic carbocycles. The summed E-state index contributed by atoms with van der Waals surface area (Å²) < 4.78 is 0. The first-order chi connectivity index (χ1) is 5.36. The fraction of sp³-hybridized carbons (Fsp3) is 0.500. The van der Waals surface area contributed by atoms with Crippen LogP contribution in [-0.2, 0) is 0 Å². The Morgan fingerprint density at radius 2 is 2.18 bits per heavy atom. The molecule has 11 heavy (non-hydrogen) atoms. The van der Waals surface area contributed by atoms with Gasteiger partial charge in [0, 0.05) is 13.1 Å². The van der Waals surface area contributed by atoms with Crippen LogP contribution in [0, 0.1) is 0 Å². The van der Waals surface area contributed by atoms with Gasteiger partial charge in [-0.15, -0.1) is 0 Å². The van der Waals surface area contributed by atoms with Crippen molar-refractivity contribution in [2.24, 2.45) is 0 Å².